The van der Waals surface area contributed by atoms with Gasteiger partial charge < -0.3 is 9.64 Å². The largest absolute Gasteiger partial charge is 0.494 e. The van der Waals surface area contributed by atoms with Crippen molar-refractivity contribution in [2.75, 3.05) is 26.2 Å². The fourth-order valence-corrected chi connectivity index (χ4v) is 2.25. The molecule has 0 atom stereocenters. The van der Waals surface area contributed by atoms with E-state index in [9.17, 15) is 4.79 Å². The number of ether oxygens (including phenoxy) is 1. The van der Waals surface area contributed by atoms with E-state index < -0.39 is 0 Å². The molecule has 0 fully saturated rings. The Morgan fingerprint density at radius 3 is 2.55 bits per heavy atom. The Kier molecular flexibility index (Phi) is 6.15. The number of rotatable bonds is 9. The zero-order valence-corrected chi connectivity index (χ0v) is 13.2. The van der Waals surface area contributed by atoms with Crippen molar-refractivity contribution in [3.8, 4) is 11.4 Å². The molecule has 22 heavy (non-hydrogen) atoms. The Balaban J connectivity index is 1.83. The maximum Gasteiger partial charge on any atom is 0.153 e. The summed E-state index contributed by atoms with van der Waals surface area (Å²) in [5.41, 5.74) is 1.47. The summed E-state index contributed by atoms with van der Waals surface area (Å²) in [4.78, 5) is 13.1. The minimum atomic E-state index is 0.566. The Bertz CT molecular complexity index is 574. The molecule has 0 spiro atoms. The molecule has 5 nitrogen and oxygen atoms in total. The number of benzene rings is 1. The van der Waals surface area contributed by atoms with Crippen LogP contribution in [-0.2, 0) is 0 Å². The monoisotopic (exact) mass is 301 g/mol. The topological polar surface area (TPSA) is 47.4 Å². The second-order valence-corrected chi connectivity index (χ2v) is 5.06. The van der Waals surface area contributed by atoms with Crippen molar-refractivity contribution in [3.63, 3.8) is 0 Å². The van der Waals surface area contributed by atoms with E-state index in [4.69, 9.17) is 4.74 Å². The number of carbonyl (C=O) groups is 1. The second kappa shape index (κ2) is 8.34. The quantitative estimate of drug-likeness (QED) is 0.528. The highest BCUT2D eigenvalue weighted by atomic mass is 16.5. The Hall–Kier alpha value is -2.14. The lowest BCUT2D eigenvalue weighted by Crippen LogP contribution is -2.25. The van der Waals surface area contributed by atoms with Crippen LogP contribution in [0.5, 0.6) is 5.75 Å². The molecule has 0 radical (unpaired) electrons. The van der Waals surface area contributed by atoms with Gasteiger partial charge in [0.25, 0.3) is 0 Å². The van der Waals surface area contributed by atoms with Crippen LogP contribution in [0.4, 0.5) is 0 Å². The van der Waals surface area contributed by atoms with Crippen LogP contribution >= 0.6 is 0 Å². The summed E-state index contributed by atoms with van der Waals surface area (Å²) in [5, 5.41) is 4.14. The average Bonchev–Trinajstić information content (AvgIpc) is 3.05. The molecule has 0 aliphatic rings. The summed E-state index contributed by atoms with van der Waals surface area (Å²) in [5.74, 6) is 0.853. The molecule has 0 amide bonds. The molecular weight excluding hydrogens is 278 g/mol. The summed E-state index contributed by atoms with van der Waals surface area (Å²) in [6, 6.07) is 7.71. The molecule has 0 saturated heterocycles. The molecule has 2 aromatic rings. The van der Waals surface area contributed by atoms with Crippen molar-refractivity contribution in [3.05, 3.63) is 42.2 Å². The summed E-state index contributed by atoms with van der Waals surface area (Å²) in [7, 11) is 0. The predicted octanol–water partition coefficient (Wildman–Crippen LogP) is 2.80. The molecule has 1 aromatic heterocycles. The number of aromatic nitrogens is 2. The van der Waals surface area contributed by atoms with Gasteiger partial charge in [-0.15, -0.1) is 0 Å². The number of hydrogen-bond donors (Lipinski definition) is 0. The molecule has 118 valence electrons. The third kappa shape index (κ3) is 4.43. The third-order valence-electron chi connectivity index (χ3n) is 3.62. The fourth-order valence-electron chi connectivity index (χ4n) is 2.25. The number of carbonyl (C=O) groups excluding carboxylic acids is 1. The highest BCUT2D eigenvalue weighted by Crippen LogP contribution is 2.15. The third-order valence-corrected chi connectivity index (χ3v) is 3.62. The molecule has 5 heteroatoms. The lowest BCUT2D eigenvalue weighted by Gasteiger charge is -2.17. The summed E-state index contributed by atoms with van der Waals surface area (Å²) in [6.45, 7) is 8.29. The van der Waals surface area contributed by atoms with Crippen LogP contribution in [-0.4, -0.2) is 47.2 Å². The first-order valence-electron chi connectivity index (χ1n) is 7.72. The van der Waals surface area contributed by atoms with Gasteiger partial charge in [-0.2, -0.15) is 5.10 Å². The molecule has 1 aromatic carbocycles. The van der Waals surface area contributed by atoms with E-state index in [-0.39, 0.29) is 0 Å². The van der Waals surface area contributed by atoms with E-state index in [1.54, 1.807) is 17.1 Å². The van der Waals surface area contributed by atoms with Crippen LogP contribution in [0.15, 0.2) is 36.7 Å². The Morgan fingerprint density at radius 2 is 1.95 bits per heavy atom. The number of hydrogen-bond acceptors (Lipinski definition) is 4. The first kappa shape index (κ1) is 16.2. The van der Waals surface area contributed by atoms with Gasteiger partial charge in [0.1, 0.15) is 5.75 Å². The normalized spacial score (nSPS) is 10.9. The molecule has 0 bridgehead atoms. The van der Waals surface area contributed by atoms with E-state index in [2.05, 4.69) is 23.8 Å². The molecule has 0 unspecified atom stereocenters. The molecule has 0 aliphatic heterocycles. The van der Waals surface area contributed by atoms with Crippen molar-refractivity contribution in [2.45, 2.75) is 20.3 Å². The molecule has 0 saturated carbocycles. The van der Waals surface area contributed by atoms with E-state index in [1.807, 2.05) is 24.3 Å². The lowest BCUT2D eigenvalue weighted by molar-refractivity contribution is 0.112. The Labute approximate surface area is 131 Å². The maximum absolute atomic E-state index is 10.7. The van der Waals surface area contributed by atoms with Gasteiger partial charge in [-0.1, -0.05) is 13.8 Å². The maximum atomic E-state index is 10.7. The van der Waals surface area contributed by atoms with Crippen LogP contribution in [0.25, 0.3) is 5.69 Å². The van der Waals surface area contributed by atoms with Gasteiger partial charge in [-0.05, 0) is 43.8 Å². The SMILES string of the molecule is CCN(CC)CCCOc1ccc(-n2cc(C=O)cn2)cc1. The van der Waals surface area contributed by atoms with Crippen LogP contribution < -0.4 is 4.74 Å². The van der Waals surface area contributed by atoms with Gasteiger partial charge >= 0.3 is 0 Å². The molecule has 1 heterocycles. The van der Waals surface area contributed by atoms with Crippen LogP contribution in [0.1, 0.15) is 30.6 Å². The van der Waals surface area contributed by atoms with E-state index in [0.717, 1.165) is 43.8 Å². The zero-order chi connectivity index (χ0) is 15.8. The zero-order valence-electron chi connectivity index (χ0n) is 13.2. The van der Waals surface area contributed by atoms with Crippen molar-refractivity contribution < 1.29 is 9.53 Å². The van der Waals surface area contributed by atoms with Gasteiger partial charge in [0.15, 0.2) is 6.29 Å². The average molecular weight is 301 g/mol. The summed E-state index contributed by atoms with van der Waals surface area (Å²) in [6.07, 6.45) is 5.06. The molecule has 0 aliphatic carbocycles. The fraction of sp³-hybridized carbons (Fsp3) is 0.412. The van der Waals surface area contributed by atoms with Crippen molar-refractivity contribution in [1.82, 2.24) is 14.7 Å². The highest BCUT2D eigenvalue weighted by Gasteiger charge is 2.02. The van der Waals surface area contributed by atoms with E-state index >= 15 is 0 Å². The summed E-state index contributed by atoms with van der Waals surface area (Å²) < 4.78 is 7.42. The molecule has 0 N–H and O–H groups in total. The smallest absolute Gasteiger partial charge is 0.153 e. The van der Waals surface area contributed by atoms with Gasteiger partial charge in [-0.3, -0.25) is 4.79 Å². The lowest BCUT2D eigenvalue weighted by atomic mass is 10.3. The van der Waals surface area contributed by atoms with Gasteiger partial charge in [0.2, 0.25) is 0 Å². The van der Waals surface area contributed by atoms with Crippen molar-refractivity contribution in [2.24, 2.45) is 0 Å². The highest BCUT2D eigenvalue weighted by molar-refractivity contribution is 5.73. The standard InChI is InChI=1S/C17H23N3O2/c1-3-19(4-2)10-5-11-22-17-8-6-16(7-9-17)20-13-15(14-21)12-18-20/h6-9,12-14H,3-5,10-11H2,1-2H3. The number of nitrogens with zero attached hydrogens (tertiary/aromatic N) is 3. The van der Waals surface area contributed by atoms with E-state index in [0.29, 0.717) is 12.2 Å². The summed E-state index contributed by atoms with van der Waals surface area (Å²) >= 11 is 0. The van der Waals surface area contributed by atoms with Crippen molar-refractivity contribution in [1.29, 1.82) is 0 Å². The minimum absolute atomic E-state index is 0.566. The molecule has 2 rings (SSSR count). The van der Waals surface area contributed by atoms with Gasteiger partial charge in [-0.25, -0.2) is 4.68 Å². The Morgan fingerprint density at radius 1 is 1.23 bits per heavy atom. The van der Waals surface area contributed by atoms with Gasteiger partial charge in [0.05, 0.1) is 24.1 Å². The second-order valence-electron chi connectivity index (χ2n) is 5.06. The van der Waals surface area contributed by atoms with Crippen molar-refractivity contribution >= 4 is 6.29 Å². The first-order chi connectivity index (χ1) is 10.8. The first-order valence-corrected chi connectivity index (χ1v) is 7.72. The van der Waals surface area contributed by atoms with Crippen LogP contribution in [0.2, 0.25) is 0 Å². The van der Waals surface area contributed by atoms with Gasteiger partial charge in [0, 0.05) is 12.7 Å². The van der Waals surface area contributed by atoms with Crippen LogP contribution in [0.3, 0.4) is 0 Å². The number of aldehydes is 1. The molecular formula is C17H23N3O2. The minimum Gasteiger partial charge on any atom is -0.494 e. The predicted molar refractivity (Wildman–Crippen MR) is 86.9 cm³/mol. The van der Waals surface area contributed by atoms with Crippen LogP contribution in [0, 0.1) is 0 Å². The van der Waals surface area contributed by atoms with E-state index in [1.165, 1.54) is 0 Å².